The summed E-state index contributed by atoms with van der Waals surface area (Å²) < 4.78 is 21.6. The van der Waals surface area contributed by atoms with E-state index >= 15 is 0 Å². The predicted octanol–water partition coefficient (Wildman–Crippen LogP) is 1.35. The first-order valence-electron chi connectivity index (χ1n) is 2.90. The number of rotatable bonds is 6. The average Bonchev–Trinajstić information content (AvgIpc) is 1.97. The van der Waals surface area contributed by atoms with Crippen LogP contribution in [-0.2, 0) is 9.47 Å². The van der Waals surface area contributed by atoms with Crippen LogP contribution in [0.1, 0.15) is 0 Å². The highest BCUT2D eigenvalue weighted by molar-refractivity contribution is 6.50. The summed E-state index contributed by atoms with van der Waals surface area (Å²) >= 11 is 0. The molecule has 0 atom stereocenters. The molecule has 0 radical (unpaired) electrons. The maximum Gasteiger partial charge on any atom is 0.424 e. The van der Waals surface area contributed by atoms with E-state index in [0.717, 1.165) is 0 Å². The van der Waals surface area contributed by atoms with Gasteiger partial charge in [-0.15, -0.1) is 0 Å². The summed E-state index contributed by atoms with van der Waals surface area (Å²) in [5.41, 5.74) is 0. The number of hydrogen-bond donors (Lipinski definition) is 0. The van der Waals surface area contributed by atoms with Crippen molar-refractivity contribution < 1.29 is 13.8 Å². The smallest absolute Gasteiger partial charge is 0.424 e. The van der Waals surface area contributed by atoms with Crippen molar-refractivity contribution in [1.82, 2.24) is 0 Å². The summed E-state index contributed by atoms with van der Waals surface area (Å²) in [7, 11) is 0. The summed E-state index contributed by atoms with van der Waals surface area (Å²) in [5, 5.41) is 0. The molecule has 10 heavy (non-hydrogen) atoms. The highest BCUT2D eigenvalue weighted by Crippen LogP contribution is 1.88. The molecule has 2 nitrogen and oxygen atoms in total. The van der Waals surface area contributed by atoms with Gasteiger partial charge in [-0.25, -0.2) is 0 Å². The third-order valence-electron chi connectivity index (χ3n) is 0.790. The molecule has 0 aromatic rings. The molecule has 0 aliphatic carbocycles. The van der Waals surface area contributed by atoms with E-state index in [-0.39, 0.29) is 13.0 Å². The van der Waals surface area contributed by atoms with Gasteiger partial charge in [0.25, 0.3) is 0 Å². The van der Waals surface area contributed by atoms with Crippen molar-refractivity contribution in [2.24, 2.45) is 0 Å². The molecule has 0 aliphatic rings. The molecular formula is C6H10BFO2. The van der Waals surface area contributed by atoms with Crippen LogP contribution in [0.3, 0.4) is 0 Å². The van der Waals surface area contributed by atoms with Gasteiger partial charge in [0.05, 0.1) is 12.5 Å². The Morgan fingerprint density at radius 1 is 1.20 bits per heavy atom. The Balaban J connectivity index is 3.15. The van der Waals surface area contributed by atoms with Crippen LogP contribution in [0, 0.1) is 0 Å². The fourth-order valence-electron chi connectivity index (χ4n) is 0.393. The standard InChI is InChI=1S/C6H10BFO2/c1-3-9-5-7(8)6-10-4-2/h3-4H,1-2,5-6H2. The third kappa shape index (κ3) is 5.22. The van der Waals surface area contributed by atoms with Gasteiger partial charge in [-0.05, 0) is 0 Å². The molecule has 56 valence electrons. The highest BCUT2D eigenvalue weighted by Gasteiger charge is 2.13. The zero-order chi connectivity index (χ0) is 7.82. The van der Waals surface area contributed by atoms with Crippen molar-refractivity contribution in [2.45, 2.75) is 0 Å². The topological polar surface area (TPSA) is 18.5 Å². The van der Waals surface area contributed by atoms with Crippen LogP contribution in [0.15, 0.2) is 25.7 Å². The van der Waals surface area contributed by atoms with Gasteiger partial charge in [0.2, 0.25) is 0 Å². The van der Waals surface area contributed by atoms with E-state index in [1.165, 1.54) is 12.5 Å². The molecule has 0 amide bonds. The van der Waals surface area contributed by atoms with Crippen molar-refractivity contribution >= 4 is 6.99 Å². The van der Waals surface area contributed by atoms with Crippen molar-refractivity contribution in [3.63, 3.8) is 0 Å². The Bertz CT molecular complexity index is 95.9. The van der Waals surface area contributed by atoms with E-state index in [9.17, 15) is 4.32 Å². The van der Waals surface area contributed by atoms with Crippen molar-refractivity contribution in [3.8, 4) is 0 Å². The maximum absolute atomic E-state index is 12.4. The van der Waals surface area contributed by atoms with Gasteiger partial charge < -0.3 is 13.8 Å². The molecule has 0 saturated carbocycles. The molecule has 0 rings (SSSR count). The SMILES string of the molecule is C=COCB(F)COC=C. The minimum absolute atomic E-state index is 0.0165. The third-order valence-corrected chi connectivity index (χ3v) is 0.790. The number of hydrogen-bond acceptors (Lipinski definition) is 2. The van der Waals surface area contributed by atoms with E-state index in [4.69, 9.17) is 0 Å². The fraction of sp³-hybridized carbons (Fsp3) is 0.333. The minimum atomic E-state index is -1.11. The normalized spacial score (nSPS) is 8.10. The first-order valence-corrected chi connectivity index (χ1v) is 2.90. The van der Waals surface area contributed by atoms with Crippen LogP contribution in [0.5, 0.6) is 0 Å². The van der Waals surface area contributed by atoms with Gasteiger partial charge in [0.15, 0.2) is 0 Å². The minimum Gasteiger partial charge on any atom is -0.506 e. The summed E-state index contributed by atoms with van der Waals surface area (Å²) in [6.45, 7) is 5.38. The van der Waals surface area contributed by atoms with Gasteiger partial charge in [-0.1, -0.05) is 13.2 Å². The van der Waals surface area contributed by atoms with Crippen LogP contribution in [-0.4, -0.2) is 20.0 Å². The Kier molecular flexibility index (Phi) is 5.63. The van der Waals surface area contributed by atoms with Gasteiger partial charge >= 0.3 is 6.99 Å². The molecule has 0 aromatic heterocycles. The second-order valence-corrected chi connectivity index (χ2v) is 1.60. The zero-order valence-electron chi connectivity index (χ0n) is 5.75. The second-order valence-electron chi connectivity index (χ2n) is 1.60. The Morgan fingerprint density at radius 2 is 1.60 bits per heavy atom. The fourth-order valence-corrected chi connectivity index (χ4v) is 0.393. The van der Waals surface area contributed by atoms with Gasteiger partial charge in [0.1, 0.15) is 13.0 Å². The first-order chi connectivity index (χ1) is 4.81. The quantitative estimate of drug-likeness (QED) is 0.413. The number of halogens is 1. The molecule has 0 fully saturated rings. The lowest BCUT2D eigenvalue weighted by Gasteiger charge is -2.02. The van der Waals surface area contributed by atoms with E-state index in [1.54, 1.807) is 0 Å². The summed E-state index contributed by atoms with van der Waals surface area (Å²) in [4.78, 5) is 0. The van der Waals surface area contributed by atoms with Crippen molar-refractivity contribution in [1.29, 1.82) is 0 Å². The lowest BCUT2D eigenvalue weighted by molar-refractivity contribution is 0.267. The van der Waals surface area contributed by atoms with E-state index < -0.39 is 6.99 Å². The van der Waals surface area contributed by atoms with E-state index in [0.29, 0.717) is 0 Å². The van der Waals surface area contributed by atoms with Gasteiger partial charge in [-0.2, -0.15) is 0 Å². The van der Waals surface area contributed by atoms with Crippen LogP contribution in [0.2, 0.25) is 0 Å². The Hall–Kier alpha value is -0.925. The summed E-state index contributed by atoms with van der Waals surface area (Å²) in [6.07, 6.45) is 2.39. The van der Waals surface area contributed by atoms with E-state index in [1.807, 2.05) is 0 Å². The van der Waals surface area contributed by atoms with Crippen LogP contribution in [0.4, 0.5) is 4.32 Å². The predicted molar refractivity (Wildman–Crippen MR) is 39.2 cm³/mol. The lowest BCUT2D eigenvalue weighted by Crippen LogP contribution is -2.20. The molecule has 0 unspecified atom stereocenters. The molecule has 0 saturated heterocycles. The molecule has 0 N–H and O–H groups in total. The molecule has 4 heteroatoms. The first kappa shape index (κ1) is 9.07. The van der Waals surface area contributed by atoms with Crippen LogP contribution in [0.25, 0.3) is 0 Å². The van der Waals surface area contributed by atoms with E-state index in [2.05, 4.69) is 22.6 Å². The lowest BCUT2D eigenvalue weighted by atomic mass is 9.75. The highest BCUT2D eigenvalue weighted by atomic mass is 19.1. The summed E-state index contributed by atoms with van der Waals surface area (Å²) in [6, 6.07) is 0. The zero-order valence-corrected chi connectivity index (χ0v) is 5.75. The molecule has 0 aliphatic heterocycles. The average molecular weight is 144 g/mol. The molecule has 0 spiro atoms. The van der Waals surface area contributed by atoms with Crippen LogP contribution >= 0.6 is 0 Å². The second kappa shape index (κ2) is 6.20. The maximum atomic E-state index is 12.4. The van der Waals surface area contributed by atoms with Crippen LogP contribution < -0.4 is 0 Å². The molecule has 0 aromatic carbocycles. The molecular weight excluding hydrogens is 134 g/mol. The van der Waals surface area contributed by atoms with Gasteiger partial charge in [-0.3, -0.25) is 0 Å². The van der Waals surface area contributed by atoms with Gasteiger partial charge in [0, 0.05) is 0 Å². The molecule has 0 heterocycles. The van der Waals surface area contributed by atoms with Crippen molar-refractivity contribution in [2.75, 3.05) is 13.0 Å². The van der Waals surface area contributed by atoms with Crippen molar-refractivity contribution in [3.05, 3.63) is 25.7 Å². The largest absolute Gasteiger partial charge is 0.506 e. The summed E-state index contributed by atoms with van der Waals surface area (Å²) in [5.74, 6) is 0. The monoisotopic (exact) mass is 144 g/mol. The Labute approximate surface area is 60.4 Å². The number of ether oxygens (including phenoxy) is 2. The Morgan fingerprint density at radius 3 is 1.90 bits per heavy atom. The molecule has 0 bridgehead atoms.